The van der Waals surface area contributed by atoms with Gasteiger partial charge in [-0.2, -0.15) is 5.10 Å². The molecule has 0 spiro atoms. The molecule has 21 heavy (non-hydrogen) atoms. The topological polar surface area (TPSA) is 67.3 Å². The van der Waals surface area contributed by atoms with E-state index >= 15 is 0 Å². The zero-order valence-electron chi connectivity index (χ0n) is 13.7. The number of hydrogen-bond donors (Lipinski definition) is 2. The minimum Gasteiger partial charge on any atom is -0.396 e. The van der Waals surface area contributed by atoms with Crippen LogP contribution in [0.15, 0.2) is 0 Å². The molecule has 2 rings (SSSR count). The van der Waals surface area contributed by atoms with Crippen molar-refractivity contribution in [1.82, 2.24) is 14.7 Å². The highest BCUT2D eigenvalue weighted by Crippen LogP contribution is 2.21. The predicted molar refractivity (Wildman–Crippen MR) is 86.2 cm³/mol. The van der Waals surface area contributed by atoms with Crippen LogP contribution in [0.1, 0.15) is 49.9 Å². The number of hydrogen-bond acceptors (Lipinski definition) is 4. The Morgan fingerprint density at radius 1 is 1.29 bits per heavy atom. The van der Waals surface area contributed by atoms with Gasteiger partial charge in [0.25, 0.3) is 0 Å². The molecular weight excluding hydrogens is 264 g/mol. The first-order chi connectivity index (χ1) is 9.99. The summed E-state index contributed by atoms with van der Waals surface area (Å²) in [6.45, 7) is 5.07. The molecule has 5 heteroatoms. The lowest BCUT2D eigenvalue weighted by atomic mass is 10.1. The van der Waals surface area contributed by atoms with Crippen LogP contribution in [-0.4, -0.2) is 45.5 Å². The Morgan fingerprint density at radius 2 is 1.90 bits per heavy atom. The van der Waals surface area contributed by atoms with E-state index in [-0.39, 0.29) is 0 Å². The van der Waals surface area contributed by atoms with Crippen LogP contribution in [0.2, 0.25) is 0 Å². The van der Waals surface area contributed by atoms with Crippen LogP contribution in [0.5, 0.6) is 0 Å². The molecule has 1 aliphatic carbocycles. The van der Waals surface area contributed by atoms with E-state index in [1.54, 1.807) is 0 Å². The van der Waals surface area contributed by atoms with Crippen molar-refractivity contribution in [2.75, 3.05) is 19.3 Å². The van der Waals surface area contributed by atoms with Crippen molar-refractivity contribution < 1.29 is 5.11 Å². The van der Waals surface area contributed by atoms with E-state index in [2.05, 4.69) is 17.0 Å². The Balaban J connectivity index is 1.88. The lowest BCUT2D eigenvalue weighted by Gasteiger charge is -2.29. The van der Waals surface area contributed by atoms with Gasteiger partial charge in [-0.25, -0.2) is 0 Å². The Bertz CT molecular complexity index is 449. The van der Waals surface area contributed by atoms with Crippen molar-refractivity contribution in [3.05, 3.63) is 11.4 Å². The van der Waals surface area contributed by atoms with E-state index in [0.29, 0.717) is 19.1 Å². The minimum atomic E-state index is -0.407. The van der Waals surface area contributed by atoms with Crippen molar-refractivity contribution in [3.8, 4) is 0 Å². The first-order valence-corrected chi connectivity index (χ1v) is 8.16. The second kappa shape index (κ2) is 7.27. The molecule has 0 amide bonds. The second-order valence-corrected chi connectivity index (χ2v) is 6.51. The van der Waals surface area contributed by atoms with Gasteiger partial charge < -0.3 is 15.7 Å². The van der Waals surface area contributed by atoms with Crippen LogP contribution < -0.4 is 5.73 Å². The monoisotopic (exact) mass is 294 g/mol. The van der Waals surface area contributed by atoms with E-state index in [1.165, 1.54) is 38.5 Å². The summed E-state index contributed by atoms with van der Waals surface area (Å²) in [7, 11) is 2.13. The fraction of sp³-hybridized carbons (Fsp3) is 0.812. The first kappa shape index (κ1) is 16.3. The summed E-state index contributed by atoms with van der Waals surface area (Å²) in [6, 6.07) is 0.618. The molecule has 3 N–H and O–H groups in total. The summed E-state index contributed by atoms with van der Waals surface area (Å²) in [5.74, 6) is 0. The van der Waals surface area contributed by atoms with E-state index in [4.69, 9.17) is 5.73 Å². The Kier molecular flexibility index (Phi) is 5.65. The summed E-state index contributed by atoms with van der Waals surface area (Å²) in [5.41, 5.74) is 8.47. The predicted octanol–water partition coefficient (Wildman–Crippen LogP) is 2.10. The maximum absolute atomic E-state index is 10.4. The number of aromatic nitrogens is 2. The van der Waals surface area contributed by atoms with Gasteiger partial charge in [0, 0.05) is 12.6 Å². The lowest BCUT2D eigenvalue weighted by molar-refractivity contribution is 0.0831. The van der Waals surface area contributed by atoms with Crippen LogP contribution in [0.4, 0.5) is 5.69 Å². The third kappa shape index (κ3) is 4.20. The van der Waals surface area contributed by atoms with Gasteiger partial charge in [0.1, 0.15) is 0 Å². The Labute approximate surface area is 128 Å². The number of nitrogens with two attached hydrogens (primary N) is 1. The quantitative estimate of drug-likeness (QED) is 0.816. The third-order valence-electron chi connectivity index (χ3n) is 4.77. The standard InChI is InChI=1S/C16H30N4O/c1-12-16(17)13(2)20(18-12)11-15(21)10-19(3)14-8-6-4-5-7-9-14/h14-15,21H,4-11,17H2,1-3H3. The zero-order valence-corrected chi connectivity index (χ0v) is 13.7. The van der Waals surface area contributed by atoms with Crippen molar-refractivity contribution in [1.29, 1.82) is 0 Å². The highest BCUT2D eigenvalue weighted by Gasteiger charge is 2.20. The molecule has 0 radical (unpaired) electrons. The lowest BCUT2D eigenvalue weighted by Crippen LogP contribution is -2.39. The van der Waals surface area contributed by atoms with Gasteiger partial charge in [0.2, 0.25) is 0 Å². The van der Waals surface area contributed by atoms with Gasteiger partial charge >= 0.3 is 0 Å². The summed E-state index contributed by atoms with van der Waals surface area (Å²) < 4.78 is 1.83. The molecule has 1 saturated carbocycles. The molecule has 1 fully saturated rings. The van der Waals surface area contributed by atoms with Gasteiger partial charge in [-0.3, -0.25) is 4.68 Å². The number of aryl methyl sites for hydroxylation is 1. The molecule has 1 aromatic rings. The van der Waals surface area contributed by atoms with Crippen molar-refractivity contribution in [2.24, 2.45) is 0 Å². The Hall–Kier alpha value is -1.07. The fourth-order valence-electron chi connectivity index (χ4n) is 3.33. The maximum Gasteiger partial charge on any atom is 0.0862 e. The Morgan fingerprint density at radius 3 is 2.43 bits per heavy atom. The maximum atomic E-state index is 10.4. The largest absolute Gasteiger partial charge is 0.396 e. The number of likely N-dealkylation sites (N-methyl/N-ethyl adjacent to an activating group) is 1. The van der Waals surface area contributed by atoms with Gasteiger partial charge in [-0.1, -0.05) is 25.7 Å². The van der Waals surface area contributed by atoms with Crippen LogP contribution in [0.25, 0.3) is 0 Å². The average Bonchev–Trinajstić information content (AvgIpc) is 2.69. The number of nitrogen functional groups attached to an aromatic ring is 1. The van der Waals surface area contributed by atoms with E-state index in [1.807, 2.05) is 18.5 Å². The van der Waals surface area contributed by atoms with Gasteiger partial charge in [-0.15, -0.1) is 0 Å². The summed E-state index contributed by atoms with van der Waals surface area (Å²) in [6.07, 6.45) is 7.47. The fourth-order valence-corrected chi connectivity index (χ4v) is 3.33. The van der Waals surface area contributed by atoms with Crippen molar-refractivity contribution in [2.45, 2.75) is 71.1 Å². The number of aliphatic hydroxyl groups is 1. The van der Waals surface area contributed by atoms with E-state index in [9.17, 15) is 5.11 Å². The number of rotatable bonds is 5. The molecule has 0 bridgehead atoms. The van der Waals surface area contributed by atoms with Crippen LogP contribution in [-0.2, 0) is 6.54 Å². The molecular formula is C16H30N4O. The van der Waals surface area contributed by atoms with Gasteiger partial charge in [0.15, 0.2) is 0 Å². The summed E-state index contributed by atoms with van der Waals surface area (Å²) in [5, 5.41) is 14.8. The smallest absolute Gasteiger partial charge is 0.0862 e. The molecule has 1 aromatic heterocycles. The van der Waals surface area contributed by atoms with E-state index < -0.39 is 6.10 Å². The van der Waals surface area contributed by atoms with Gasteiger partial charge in [-0.05, 0) is 33.7 Å². The molecule has 1 atom stereocenters. The highest BCUT2D eigenvalue weighted by molar-refractivity contribution is 5.46. The molecule has 0 aliphatic heterocycles. The molecule has 120 valence electrons. The molecule has 0 aromatic carbocycles. The van der Waals surface area contributed by atoms with Crippen LogP contribution in [0.3, 0.4) is 0 Å². The summed E-state index contributed by atoms with van der Waals surface area (Å²) >= 11 is 0. The molecule has 1 unspecified atom stereocenters. The van der Waals surface area contributed by atoms with Crippen LogP contribution >= 0.6 is 0 Å². The normalized spacial score (nSPS) is 18.9. The third-order valence-corrected chi connectivity index (χ3v) is 4.77. The molecule has 1 aliphatic rings. The molecule has 0 saturated heterocycles. The summed E-state index contributed by atoms with van der Waals surface area (Å²) in [4.78, 5) is 2.32. The number of aliphatic hydroxyl groups excluding tert-OH is 1. The average molecular weight is 294 g/mol. The van der Waals surface area contributed by atoms with Crippen molar-refractivity contribution >= 4 is 5.69 Å². The van der Waals surface area contributed by atoms with Crippen LogP contribution in [0, 0.1) is 13.8 Å². The van der Waals surface area contributed by atoms with E-state index in [0.717, 1.165) is 17.1 Å². The van der Waals surface area contributed by atoms with Gasteiger partial charge in [0.05, 0.1) is 29.7 Å². The highest BCUT2D eigenvalue weighted by atomic mass is 16.3. The van der Waals surface area contributed by atoms with Crippen molar-refractivity contribution in [3.63, 3.8) is 0 Å². The molecule has 1 heterocycles. The minimum absolute atomic E-state index is 0.407. The first-order valence-electron chi connectivity index (χ1n) is 8.16. The second-order valence-electron chi connectivity index (χ2n) is 6.51. The number of nitrogens with zero attached hydrogens (tertiary/aromatic N) is 3. The molecule has 5 nitrogen and oxygen atoms in total. The SMILES string of the molecule is Cc1nn(CC(O)CN(C)C2CCCCCC2)c(C)c1N. The number of anilines is 1. The zero-order chi connectivity index (χ0) is 15.4.